The number of pyridine rings is 2. The highest BCUT2D eigenvalue weighted by atomic mass is 15.6. The Kier molecular flexibility index (Phi) is 27.7. The van der Waals surface area contributed by atoms with Crippen LogP contribution in [-0.4, -0.2) is 90.4 Å². The van der Waals surface area contributed by atoms with Crippen LogP contribution in [-0.2, 0) is 76.2 Å². The van der Waals surface area contributed by atoms with E-state index < -0.39 is 0 Å². The molecule has 0 bridgehead atoms. The van der Waals surface area contributed by atoms with Crippen LogP contribution in [0.3, 0.4) is 0 Å². The summed E-state index contributed by atoms with van der Waals surface area (Å²) in [5.74, 6) is 2.14. The standard InChI is InChI=1S/C19H30N2.2C18H29N3.C18H31N3.C18H29N3.C15H22N2/c1-17(2,3)13-10-11-20-16-15(13)14(18(4,5)6)12-21(16)19(7,8)9;1-16(2,3)12-10-21(18(7,8)9)15-13(12)14(17(4,5)6)19-11-20-15;1-16(2,3)13-12-14(17(4,5)6)20-15(18(7,8)9)21(12)11-10-19-13;1-16(2,3)13-10-11-19-21-14(17(4,5)6)12-20(15(13)21)18(7,8)9;1-16(2,3)12-10-11-19-21-13(12)14(17(4,5)6)20-15(21)18(7,8)9;1-14(2,3)13-11-8-10-17(15(4,5)6)12(11)7-9-16-13/h10-12H,1-9H3;2*10-11H,1-9H3;10-12,15H,1-9H3;10-11H,1-9H3;7-10H,1-6H3. The lowest BCUT2D eigenvalue weighted by atomic mass is 9.80. The van der Waals surface area contributed by atoms with Gasteiger partial charge in [-0.15, -0.1) is 0 Å². The zero-order valence-electron chi connectivity index (χ0n) is 87.0. The van der Waals surface area contributed by atoms with E-state index in [1.54, 1.807) is 6.33 Å². The van der Waals surface area contributed by atoms with Crippen molar-refractivity contribution in [1.29, 1.82) is 0 Å². The van der Waals surface area contributed by atoms with Gasteiger partial charge in [0.2, 0.25) is 0 Å². The van der Waals surface area contributed by atoms with Gasteiger partial charge in [0, 0.05) is 144 Å². The maximum absolute atomic E-state index is 5.03. The lowest BCUT2D eigenvalue weighted by Gasteiger charge is -2.45. The van der Waals surface area contributed by atoms with Crippen LogP contribution in [0.4, 0.5) is 0 Å². The van der Waals surface area contributed by atoms with Crippen molar-refractivity contribution in [3.63, 3.8) is 0 Å². The molecule has 0 amide bonds. The molecule has 0 aliphatic carbocycles. The molecule has 12 rings (SSSR count). The van der Waals surface area contributed by atoms with Gasteiger partial charge in [-0.2, -0.15) is 10.2 Å². The smallest absolute Gasteiger partial charge is 0.146 e. The highest BCUT2D eigenvalue weighted by Gasteiger charge is 2.47. The summed E-state index contributed by atoms with van der Waals surface area (Å²) in [6.45, 7) is 114. The predicted octanol–water partition coefficient (Wildman–Crippen LogP) is 28.1. The average molecular weight is 1670 g/mol. The Morgan fingerprint density at radius 2 is 0.738 bits per heavy atom. The van der Waals surface area contributed by atoms with E-state index >= 15 is 0 Å². The van der Waals surface area contributed by atoms with E-state index in [4.69, 9.17) is 15.0 Å². The number of hydrazone groups is 1. The summed E-state index contributed by atoms with van der Waals surface area (Å²) in [7, 11) is 0. The summed E-state index contributed by atoms with van der Waals surface area (Å²) < 4.78 is 11.2. The number of rotatable bonds is 0. The van der Waals surface area contributed by atoms with Crippen LogP contribution < -0.4 is 0 Å². The van der Waals surface area contributed by atoms with Crippen LogP contribution in [0.5, 0.6) is 0 Å². The first-order chi connectivity index (χ1) is 54.4. The quantitative estimate of drug-likeness (QED) is 0.144. The van der Waals surface area contributed by atoms with Gasteiger partial charge in [0.05, 0.1) is 50.7 Å². The van der Waals surface area contributed by atoms with Gasteiger partial charge in [-0.3, -0.25) is 14.4 Å². The Balaban J connectivity index is 0.000000202. The topological polar surface area (TPSA) is 146 Å². The first-order valence-corrected chi connectivity index (χ1v) is 45.1. The minimum Gasteiger partial charge on any atom is -0.346 e. The fraction of sp³-hybridized carbons (Fsp3) is 0.651. The van der Waals surface area contributed by atoms with Gasteiger partial charge in [-0.1, -0.05) is 270 Å². The molecule has 0 aromatic carbocycles. The Morgan fingerprint density at radius 1 is 0.311 bits per heavy atom. The number of hydrogen-bond donors (Lipinski definition) is 0. The predicted molar refractivity (Wildman–Crippen MR) is 524 cm³/mol. The molecule has 0 saturated carbocycles. The van der Waals surface area contributed by atoms with Crippen LogP contribution >= 0.6 is 0 Å². The van der Waals surface area contributed by atoms with Crippen molar-refractivity contribution in [2.75, 3.05) is 0 Å². The molecule has 16 nitrogen and oxygen atoms in total. The van der Waals surface area contributed by atoms with E-state index in [1.807, 2.05) is 37.2 Å². The monoisotopic (exact) mass is 1670 g/mol. The molecule has 2 aliphatic heterocycles. The summed E-state index contributed by atoms with van der Waals surface area (Å²) in [6, 6.07) is 8.62. The van der Waals surface area contributed by atoms with Crippen molar-refractivity contribution < 1.29 is 0 Å². The maximum Gasteiger partial charge on any atom is 0.146 e. The van der Waals surface area contributed by atoms with Gasteiger partial charge in [-0.05, 0) is 168 Å². The third-order valence-electron chi connectivity index (χ3n) is 22.4. The lowest BCUT2D eigenvalue weighted by molar-refractivity contribution is 0.0793. The molecule has 16 heteroatoms. The van der Waals surface area contributed by atoms with E-state index in [9.17, 15) is 0 Å². The summed E-state index contributed by atoms with van der Waals surface area (Å²) in [5, 5.41) is 15.4. The average Bonchev–Trinajstić information content (AvgIpc) is 1.61. The number of hydrogen-bond acceptors (Lipinski definition) is 11. The van der Waals surface area contributed by atoms with E-state index in [1.165, 1.54) is 71.9 Å². The van der Waals surface area contributed by atoms with Gasteiger partial charge in [0.1, 0.15) is 35.4 Å². The van der Waals surface area contributed by atoms with Crippen molar-refractivity contribution in [1.82, 2.24) is 72.5 Å². The van der Waals surface area contributed by atoms with Crippen molar-refractivity contribution in [3.8, 4) is 0 Å². The van der Waals surface area contributed by atoms with Crippen molar-refractivity contribution in [2.24, 2.45) is 15.9 Å². The first kappa shape index (κ1) is 101. The molecule has 0 spiro atoms. The Hall–Kier alpha value is -8.01. The van der Waals surface area contributed by atoms with Gasteiger partial charge in [0.15, 0.2) is 0 Å². The molecule has 10 aromatic rings. The third-order valence-corrected chi connectivity index (χ3v) is 22.4. The number of allylic oxidation sites excluding steroid dienone is 2. The Labute approximate surface area is 741 Å². The molecular weight excluding hydrogens is 1500 g/mol. The van der Waals surface area contributed by atoms with E-state index in [-0.39, 0.29) is 98.7 Å². The fourth-order valence-corrected chi connectivity index (χ4v) is 16.0. The lowest BCUT2D eigenvalue weighted by Crippen LogP contribution is -2.51. The minimum atomic E-state index is -0.0318. The number of fused-ring (bicyclic) bond motifs is 6. The van der Waals surface area contributed by atoms with Gasteiger partial charge in [-0.25, -0.2) is 34.4 Å². The van der Waals surface area contributed by atoms with Crippen molar-refractivity contribution in [3.05, 3.63) is 166 Å². The van der Waals surface area contributed by atoms with E-state index in [2.05, 4.69) is 471 Å². The summed E-state index contributed by atoms with van der Waals surface area (Å²) in [6.07, 6.45) is 24.8. The second-order valence-electron chi connectivity index (χ2n) is 52.1. The minimum absolute atomic E-state index is 0.00220. The van der Waals surface area contributed by atoms with E-state index in [0.717, 1.165) is 45.7 Å². The Bertz CT molecular complexity index is 4940. The molecule has 10 aromatic heterocycles. The van der Waals surface area contributed by atoms with Crippen LogP contribution in [0.25, 0.3) is 44.0 Å². The molecular formula is C106H170N16. The van der Waals surface area contributed by atoms with E-state index in [0.29, 0.717) is 0 Å². The summed E-state index contributed by atoms with van der Waals surface area (Å²) >= 11 is 0. The second-order valence-corrected chi connectivity index (χ2v) is 52.1. The largest absolute Gasteiger partial charge is 0.346 e. The molecule has 0 saturated heterocycles. The van der Waals surface area contributed by atoms with Crippen molar-refractivity contribution >= 4 is 50.2 Å². The highest BCUT2D eigenvalue weighted by Crippen LogP contribution is 2.48. The molecule has 122 heavy (non-hydrogen) atoms. The normalized spacial score (nSPS) is 15.5. The molecule has 0 radical (unpaired) electrons. The molecule has 12 heterocycles. The first-order valence-electron chi connectivity index (χ1n) is 45.1. The van der Waals surface area contributed by atoms with Gasteiger partial charge < -0.3 is 18.6 Å². The van der Waals surface area contributed by atoms with Gasteiger partial charge >= 0.3 is 0 Å². The molecule has 2 aliphatic rings. The Morgan fingerprint density at radius 3 is 1.16 bits per heavy atom. The molecule has 1 atom stereocenters. The molecule has 0 N–H and O–H groups in total. The van der Waals surface area contributed by atoms with Crippen LogP contribution in [0.1, 0.15) is 415 Å². The zero-order valence-corrected chi connectivity index (χ0v) is 87.0. The maximum atomic E-state index is 5.03. The SMILES string of the molecule is CC(C)(C)C1=CC=NN2C(C(C)(C)C)=CN(C(C)(C)C)C12.CC(C)(C)c1ccnc2c1c(C(C)(C)C)cn2C(C)(C)C.CC(C)(C)c1ccnn2c(C(C)(C)C)nc(C(C)(C)C)c12.CC(C)(C)c1cn(C(C)(C)C)c2ncnc(C(C)(C)C)c12.CC(C)(C)c1nccc2c1ccn2C(C)(C)C.CC(C)(C)c1nccn2c(C(C)(C)C)nc(C(C)(C)C)c12. The number of imidazole rings is 2. The van der Waals surface area contributed by atoms with Crippen LogP contribution in [0.15, 0.2) is 109 Å². The second kappa shape index (κ2) is 33.4. The van der Waals surface area contributed by atoms with Gasteiger partial charge in [0.25, 0.3) is 0 Å². The summed E-state index contributed by atoms with van der Waals surface area (Å²) in [5.41, 5.74) is 20.5. The zero-order chi connectivity index (χ0) is 93.9. The molecule has 0 fully saturated rings. The van der Waals surface area contributed by atoms with Crippen LogP contribution in [0, 0.1) is 10.8 Å². The van der Waals surface area contributed by atoms with Crippen LogP contribution in [0.2, 0.25) is 0 Å². The number of aromatic nitrogens is 13. The fourth-order valence-electron chi connectivity index (χ4n) is 16.0. The van der Waals surface area contributed by atoms with Crippen molar-refractivity contribution in [2.45, 2.75) is 441 Å². The molecule has 674 valence electrons. The third kappa shape index (κ3) is 22.6. The summed E-state index contributed by atoms with van der Waals surface area (Å²) in [4.78, 5) is 35.7. The molecule has 1 unspecified atom stereocenters. The highest BCUT2D eigenvalue weighted by molar-refractivity contribution is 5.87. The number of nitrogens with zero attached hydrogens (tertiary/aromatic N) is 16.